The lowest BCUT2D eigenvalue weighted by Gasteiger charge is -2.38. The summed E-state index contributed by atoms with van der Waals surface area (Å²) in [5, 5.41) is 0.627. The topological polar surface area (TPSA) is 77.4 Å². The Morgan fingerprint density at radius 2 is 2.00 bits per heavy atom. The third kappa shape index (κ3) is 5.05. The summed E-state index contributed by atoms with van der Waals surface area (Å²) in [5.74, 6) is 1.32. The van der Waals surface area contributed by atoms with Crippen molar-refractivity contribution in [1.29, 1.82) is 0 Å². The first-order valence-electron chi connectivity index (χ1n) is 10.1. The molecule has 1 atom stereocenters. The number of ether oxygens (including phenoxy) is 3. The highest BCUT2D eigenvalue weighted by atomic mass is 32.2. The van der Waals surface area contributed by atoms with E-state index in [1.807, 2.05) is 24.3 Å². The number of hydrogen-bond acceptors (Lipinski definition) is 7. The van der Waals surface area contributed by atoms with Crippen LogP contribution in [0.25, 0.3) is 0 Å². The second kappa shape index (κ2) is 10.1. The van der Waals surface area contributed by atoms with Crippen LogP contribution >= 0.6 is 11.8 Å². The molecule has 0 bridgehead atoms. The van der Waals surface area contributed by atoms with Crippen LogP contribution in [0.5, 0.6) is 5.75 Å². The van der Waals surface area contributed by atoms with Crippen molar-refractivity contribution >= 4 is 28.8 Å². The zero-order valence-corrected chi connectivity index (χ0v) is 18.7. The molecule has 7 nitrogen and oxygen atoms in total. The summed E-state index contributed by atoms with van der Waals surface area (Å²) in [6, 6.07) is 6.95. The molecule has 162 valence electrons. The van der Waals surface area contributed by atoms with Crippen molar-refractivity contribution in [2.45, 2.75) is 33.2 Å². The number of thioether (sulfide) groups is 1. The van der Waals surface area contributed by atoms with E-state index in [1.165, 1.54) is 11.8 Å². The number of methoxy groups -OCH3 is 1. The van der Waals surface area contributed by atoms with Gasteiger partial charge in [-0.05, 0) is 30.5 Å². The molecule has 0 aliphatic carbocycles. The molecule has 2 heterocycles. The average Bonchev–Trinajstić information content (AvgIpc) is 2.72. The quantitative estimate of drug-likeness (QED) is 0.462. The number of allylic oxidation sites excluding steroid dienone is 1. The average molecular weight is 433 g/mol. The van der Waals surface area contributed by atoms with Crippen molar-refractivity contribution in [3.05, 3.63) is 41.1 Å². The predicted molar refractivity (Wildman–Crippen MR) is 116 cm³/mol. The summed E-state index contributed by atoms with van der Waals surface area (Å²) in [7, 11) is 1.55. The van der Waals surface area contributed by atoms with Gasteiger partial charge in [0.25, 0.3) is 0 Å². The summed E-state index contributed by atoms with van der Waals surface area (Å²) < 4.78 is 16.1. The van der Waals surface area contributed by atoms with E-state index in [-0.39, 0.29) is 12.5 Å². The highest BCUT2D eigenvalue weighted by Crippen LogP contribution is 2.40. The van der Waals surface area contributed by atoms with Gasteiger partial charge in [0.15, 0.2) is 5.17 Å². The van der Waals surface area contributed by atoms with Crippen LogP contribution in [0.1, 0.15) is 38.8 Å². The fourth-order valence-electron chi connectivity index (χ4n) is 3.28. The second-order valence-electron chi connectivity index (χ2n) is 7.56. The molecule has 1 saturated heterocycles. The molecule has 30 heavy (non-hydrogen) atoms. The van der Waals surface area contributed by atoms with Gasteiger partial charge in [-0.25, -0.2) is 9.79 Å². The van der Waals surface area contributed by atoms with Gasteiger partial charge in [0.2, 0.25) is 5.91 Å². The minimum atomic E-state index is -0.577. The Labute approximate surface area is 181 Å². The Balaban J connectivity index is 1.95. The molecule has 0 N–H and O–H groups in total. The van der Waals surface area contributed by atoms with Crippen LogP contribution in [0.15, 0.2) is 40.5 Å². The Bertz CT molecular complexity index is 848. The first-order chi connectivity index (χ1) is 14.4. The summed E-state index contributed by atoms with van der Waals surface area (Å²) >= 11 is 1.53. The van der Waals surface area contributed by atoms with Crippen LogP contribution in [0.2, 0.25) is 0 Å². The molecular formula is C22H28N2O5S. The number of nitrogens with zero attached hydrogens (tertiary/aromatic N) is 2. The van der Waals surface area contributed by atoms with Crippen molar-refractivity contribution in [1.82, 2.24) is 4.90 Å². The molecule has 0 radical (unpaired) electrons. The molecule has 8 heteroatoms. The smallest absolute Gasteiger partial charge is 0.338 e. The number of benzene rings is 1. The molecule has 2 aliphatic heterocycles. The number of carbonyl (C=O) groups excluding carboxylic acids is 2. The first-order valence-corrected chi connectivity index (χ1v) is 11.0. The van der Waals surface area contributed by atoms with E-state index in [0.717, 1.165) is 11.3 Å². The SMILES string of the molecule is COCCOC(=O)C1=C(C)N=C2SCCC(=O)N2C1c1ccc(OCC(C)C)cc1. The number of hydrogen-bond donors (Lipinski definition) is 0. The Morgan fingerprint density at radius 1 is 1.27 bits per heavy atom. The molecule has 1 amide bonds. The molecule has 1 unspecified atom stereocenters. The lowest BCUT2D eigenvalue weighted by atomic mass is 9.94. The van der Waals surface area contributed by atoms with Crippen molar-refractivity contribution in [3.63, 3.8) is 0 Å². The molecule has 0 saturated carbocycles. The number of amides is 1. The standard InChI is InChI=1S/C22H28N2O5S/c1-14(2)13-29-17-7-5-16(6-8-17)20-19(21(26)28-11-10-27-4)15(3)23-22-24(20)18(25)9-12-30-22/h5-8,14,20H,9-13H2,1-4H3. The summed E-state index contributed by atoms with van der Waals surface area (Å²) in [6.07, 6.45) is 0.404. The molecule has 1 fully saturated rings. The maximum absolute atomic E-state index is 12.9. The fourth-order valence-corrected chi connectivity index (χ4v) is 4.28. The van der Waals surface area contributed by atoms with Gasteiger partial charge in [0.05, 0.1) is 30.5 Å². The monoisotopic (exact) mass is 432 g/mol. The van der Waals surface area contributed by atoms with E-state index in [1.54, 1.807) is 18.9 Å². The zero-order valence-electron chi connectivity index (χ0n) is 17.8. The summed E-state index contributed by atoms with van der Waals surface area (Å²) in [6.45, 7) is 7.02. The number of esters is 1. The third-order valence-electron chi connectivity index (χ3n) is 4.73. The van der Waals surface area contributed by atoms with Gasteiger partial charge >= 0.3 is 5.97 Å². The van der Waals surface area contributed by atoms with Gasteiger partial charge in [0, 0.05) is 19.3 Å². The van der Waals surface area contributed by atoms with Crippen LogP contribution in [0, 0.1) is 5.92 Å². The number of rotatable bonds is 8. The maximum atomic E-state index is 12.9. The number of carbonyl (C=O) groups is 2. The van der Waals surface area contributed by atoms with Gasteiger partial charge in [-0.2, -0.15) is 0 Å². The van der Waals surface area contributed by atoms with Crippen molar-refractivity contribution in [2.24, 2.45) is 10.9 Å². The molecule has 1 aromatic rings. The molecule has 0 aromatic heterocycles. The normalized spacial score (nSPS) is 19.0. The Morgan fingerprint density at radius 3 is 2.67 bits per heavy atom. The highest BCUT2D eigenvalue weighted by Gasteiger charge is 2.41. The van der Waals surface area contributed by atoms with Gasteiger partial charge in [0.1, 0.15) is 12.4 Å². The van der Waals surface area contributed by atoms with Gasteiger partial charge in [-0.3, -0.25) is 9.69 Å². The summed E-state index contributed by atoms with van der Waals surface area (Å²) in [4.78, 5) is 31.9. The second-order valence-corrected chi connectivity index (χ2v) is 8.62. The maximum Gasteiger partial charge on any atom is 0.338 e. The van der Waals surface area contributed by atoms with E-state index in [2.05, 4.69) is 18.8 Å². The predicted octanol–water partition coefficient (Wildman–Crippen LogP) is 3.56. The minimum Gasteiger partial charge on any atom is -0.493 e. The molecule has 2 aliphatic rings. The van der Waals surface area contributed by atoms with E-state index in [0.29, 0.717) is 47.7 Å². The van der Waals surface area contributed by atoms with Crippen LogP contribution in [-0.4, -0.2) is 54.6 Å². The fraction of sp³-hybridized carbons (Fsp3) is 0.500. The molecule has 0 spiro atoms. The van der Waals surface area contributed by atoms with E-state index >= 15 is 0 Å². The van der Waals surface area contributed by atoms with Crippen LogP contribution in [-0.2, 0) is 19.1 Å². The Kier molecular flexibility index (Phi) is 7.55. The highest BCUT2D eigenvalue weighted by molar-refractivity contribution is 8.14. The lowest BCUT2D eigenvalue weighted by Crippen LogP contribution is -2.45. The molecular weight excluding hydrogens is 404 g/mol. The van der Waals surface area contributed by atoms with Crippen molar-refractivity contribution in [2.75, 3.05) is 32.7 Å². The third-order valence-corrected chi connectivity index (χ3v) is 5.68. The van der Waals surface area contributed by atoms with E-state index in [9.17, 15) is 9.59 Å². The number of aliphatic imine (C=N–C) groups is 1. The van der Waals surface area contributed by atoms with Crippen LogP contribution < -0.4 is 4.74 Å². The van der Waals surface area contributed by atoms with Crippen molar-refractivity contribution < 1.29 is 23.8 Å². The van der Waals surface area contributed by atoms with Gasteiger partial charge in [-0.15, -0.1) is 0 Å². The Hall–Kier alpha value is -2.32. The van der Waals surface area contributed by atoms with Crippen molar-refractivity contribution in [3.8, 4) is 5.75 Å². The molecule has 1 aromatic carbocycles. The molecule has 3 rings (SSSR count). The number of amidine groups is 1. The van der Waals surface area contributed by atoms with E-state index < -0.39 is 12.0 Å². The minimum absolute atomic E-state index is 0.0488. The zero-order chi connectivity index (χ0) is 21.7. The van der Waals surface area contributed by atoms with Gasteiger partial charge in [-0.1, -0.05) is 37.7 Å². The van der Waals surface area contributed by atoms with Crippen LogP contribution in [0.4, 0.5) is 0 Å². The van der Waals surface area contributed by atoms with Crippen LogP contribution in [0.3, 0.4) is 0 Å². The van der Waals surface area contributed by atoms with Gasteiger partial charge < -0.3 is 14.2 Å². The largest absolute Gasteiger partial charge is 0.493 e. The summed E-state index contributed by atoms with van der Waals surface area (Å²) in [5.41, 5.74) is 1.76. The first kappa shape index (κ1) is 22.4. The van der Waals surface area contributed by atoms with E-state index in [4.69, 9.17) is 14.2 Å². The number of fused-ring (bicyclic) bond motifs is 1. The lowest BCUT2D eigenvalue weighted by molar-refractivity contribution is -0.141.